The molecule has 2 rings (SSSR count). The fraction of sp³-hybridized carbons (Fsp3) is 0.333. The summed E-state index contributed by atoms with van der Waals surface area (Å²) < 4.78 is 13.1. The van der Waals surface area contributed by atoms with Crippen LogP contribution in [0.1, 0.15) is 18.1 Å². The number of aliphatic carboxylic acids is 1. The standard InChI is InChI=1S/C21H26IN2O6P.BrH/c1-13(23)31(29,30)12-16(9-14-5-3-2-4-6-14)20(26)24-18(21(27)28)11-15-7-8-19(25)17(22)10-15;/h2-8,10,13,16,18,25H,9,11-12,23H2,1H3,(H,24,26)(H,27,28)(H,29,30);1H/t13-,16+,18+;/m1./s1. The van der Waals surface area contributed by atoms with E-state index in [2.05, 4.69) is 11.1 Å². The molecule has 0 saturated heterocycles. The number of carboxylic acids is 1. The van der Waals surface area contributed by atoms with Crippen molar-refractivity contribution in [1.82, 2.24) is 5.32 Å². The topological polar surface area (TPSA) is 152 Å². The molecule has 0 heterocycles. The highest BCUT2D eigenvalue weighted by Crippen LogP contribution is 2.45. The van der Waals surface area contributed by atoms with Crippen molar-refractivity contribution >= 4 is 41.8 Å². The number of amides is 1. The van der Waals surface area contributed by atoms with E-state index in [1.165, 1.54) is 13.0 Å². The van der Waals surface area contributed by atoms with E-state index in [1.807, 2.05) is 40.8 Å². The summed E-state index contributed by atoms with van der Waals surface area (Å²) in [6.45, 7) is 1.52. The predicted molar refractivity (Wildman–Crippen MR) is 125 cm³/mol. The second-order valence-electron chi connectivity index (χ2n) is 7.56. The summed E-state index contributed by atoms with van der Waals surface area (Å²) in [5.74, 6) is -3.37. The molecule has 11 heteroatoms. The van der Waals surface area contributed by atoms with E-state index in [0.717, 1.165) is 5.56 Å². The maximum atomic E-state index is 13.0. The number of quaternary nitrogens is 1. The number of benzene rings is 2. The van der Waals surface area contributed by atoms with Crippen LogP contribution in [0.5, 0.6) is 5.75 Å². The highest BCUT2D eigenvalue weighted by Gasteiger charge is 2.35. The van der Waals surface area contributed by atoms with Gasteiger partial charge in [0.25, 0.3) is 7.37 Å². The van der Waals surface area contributed by atoms with Crippen LogP contribution in [0.3, 0.4) is 0 Å². The lowest BCUT2D eigenvalue weighted by atomic mass is 9.99. The highest BCUT2D eigenvalue weighted by atomic mass is 127. The first-order chi connectivity index (χ1) is 14.5. The van der Waals surface area contributed by atoms with Crippen molar-refractivity contribution in [3.8, 4) is 5.75 Å². The number of carbonyl (C=O) groups is 2. The molecule has 0 spiro atoms. The van der Waals surface area contributed by atoms with E-state index >= 15 is 0 Å². The molecule has 176 valence electrons. The third-order valence-electron chi connectivity index (χ3n) is 4.93. The maximum absolute atomic E-state index is 13.0. The van der Waals surface area contributed by atoms with Crippen molar-refractivity contribution in [1.29, 1.82) is 0 Å². The number of rotatable bonds is 10. The summed E-state index contributed by atoms with van der Waals surface area (Å²) in [4.78, 5) is 35.1. The van der Waals surface area contributed by atoms with Gasteiger partial charge in [-0.3, -0.25) is 9.36 Å². The van der Waals surface area contributed by atoms with Gasteiger partial charge in [0.15, 0.2) is 5.78 Å². The highest BCUT2D eigenvalue weighted by molar-refractivity contribution is 14.1. The third kappa shape index (κ3) is 8.47. The van der Waals surface area contributed by atoms with E-state index < -0.39 is 37.0 Å². The predicted octanol–water partition coefficient (Wildman–Crippen LogP) is -1.17. The van der Waals surface area contributed by atoms with Gasteiger partial charge in [-0.05, 0) is 59.2 Å². The Labute approximate surface area is 211 Å². The van der Waals surface area contributed by atoms with Gasteiger partial charge in [-0.2, -0.15) is 0 Å². The van der Waals surface area contributed by atoms with E-state index in [-0.39, 0.29) is 41.7 Å². The average molecular weight is 641 g/mol. The Kier molecular flexibility index (Phi) is 11.3. The molecule has 1 unspecified atom stereocenters. The van der Waals surface area contributed by atoms with Crippen molar-refractivity contribution in [3.63, 3.8) is 0 Å². The van der Waals surface area contributed by atoms with Gasteiger partial charge < -0.3 is 43.1 Å². The van der Waals surface area contributed by atoms with E-state index in [9.17, 15) is 29.3 Å². The number of phenols is 1. The van der Waals surface area contributed by atoms with Crippen molar-refractivity contribution in [2.24, 2.45) is 5.92 Å². The van der Waals surface area contributed by atoms with Gasteiger partial charge in [0.2, 0.25) is 5.91 Å². The van der Waals surface area contributed by atoms with Crippen LogP contribution in [0.25, 0.3) is 0 Å². The van der Waals surface area contributed by atoms with Gasteiger partial charge in [-0.25, -0.2) is 4.79 Å². The summed E-state index contributed by atoms with van der Waals surface area (Å²) in [6.07, 6.45) is -0.0762. The minimum absolute atomic E-state index is 0. The number of nitrogens with one attached hydrogen (secondary N) is 1. The van der Waals surface area contributed by atoms with Gasteiger partial charge >= 0.3 is 5.97 Å². The van der Waals surface area contributed by atoms with Crippen LogP contribution in [-0.4, -0.2) is 45.0 Å². The number of halogens is 2. The number of carboxylic acid groups (broad SMARTS) is 1. The van der Waals surface area contributed by atoms with E-state index in [0.29, 0.717) is 9.13 Å². The van der Waals surface area contributed by atoms with E-state index in [4.69, 9.17) is 0 Å². The molecule has 7 N–H and O–H groups in total. The lowest BCUT2D eigenvalue weighted by molar-refractivity contribution is -0.385. The molecule has 0 aliphatic rings. The minimum atomic E-state index is -3.71. The zero-order chi connectivity index (χ0) is 23.2. The van der Waals surface area contributed by atoms with Gasteiger partial charge in [0.1, 0.15) is 11.8 Å². The smallest absolute Gasteiger partial charge is 0.326 e. The molecule has 0 aliphatic heterocycles. The number of hydrogen-bond acceptors (Lipinski definition) is 4. The van der Waals surface area contributed by atoms with Crippen LogP contribution < -0.4 is 28.0 Å². The molecular weight excluding hydrogens is 614 g/mol. The summed E-state index contributed by atoms with van der Waals surface area (Å²) in [5.41, 5.74) is 5.07. The summed E-state index contributed by atoms with van der Waals surface area (Å²) in [6, 6.07) is 12.5. The zero-order valence-electron chi connectivity index (χ0n) is 17.4. The van der Waals surface area contributed by atoms with Crippen LogP contribution in [0, 0.1) is 9.49 Å². The van der Waals surface area contributed by atoms with Gasteiger partial charge in [-0.1, -0.05) is 36.4 Å². The summed E-state index contributed by atoms with van der Waals surface area (Å²) >= 11 is 1.93. The van der Waals surface area contributed by atoms with Gasteiger partial charge in [0, 0.05) is 12.6 Å². The fourth-order valence-electron chi connectivity index (χ4n) is 3.04. The summed E-state index contributed by atoms with van der Waals surface area (Å²) in [5, 5.41) is 21.8. The average Bonchev–Trinajstić information content (AvgIpc) is 2.70. The first-order valence-corrected chi connectivity index (χ1v) is 12.7. The normalized spacial score (nSPS) is 15.5. The number of phenolic OH excluding ortho intramolecular Hbond substituents is 1. The number of hydrogen-bond donors (Lipinski definition) is 5. The molecule has 0 fully saturated rings. The fourth-order valence-corrected chi connectivity index (χ4v) is 4.90. The summed E-state index contributed by atoms with van der Waals surface area (Å²) in [7, 11) is -3.71. The Bertz CT molecular complexity index is 976. The number of aromatic hydroxyl groups is 1. The van der Waals surface area contributed by atoms with Crippen molar-refractivity contribution in [2.45, 2.75) is 31.6 Å². The first kappa shape index (κ1) is 28.6. The van der Waals surface area contributed by atoms with Crippen LogP contribution in [-0.2, 0) is 27.0 Å². The molecule has 32 heavy (non-hydrogen) atoms. The molecule has 0 aliphatic carbocycles. The molecule has 0 saturated carbocycles. The van der Waals surface area contributed by atoms with Crippen molar-refractivity contribution < 1.29 is 52.0 Å². The molecule has 4 atom stereocenters. The van der Waals surface area contributed by atoms with Crippen LogP contribution in [0.15, 0.2) is 48.5 Å². The second-order valence-corrected chi connectivity index (χ2v) is 11.5. The minimum Gasteiger partial charge on any atom is -1.00 e. The first-order valence-electron chi connectivity index (χ1n) is 9.68. The van der Waals surface area contributed by atoms with Crippen molar-refractivity contribution in [2.75, 3.05) is 6.16 Å². The monoisotopic (exact) mass is 640 g/mol. The largest absolute Gasteiger partial charge is 1.00 e. The molecule has 2 aromatic carbocycles. The van der Waals surface area contributed by atoms with Gasteiger partial charge in [-0.15, -0.1) is 0 Å². The lowest BCUT2D eigenvalue weighted by Crippen LogP contribution is -3.00. The Morgan fingerprint density at radius 3 is 2.28 bits per heavy atom. The molecule has 0 radical (unpaired) electrons. The second kappa shape index (κ2) is 12.7. The molecule has 0 bridgehead atoms. The molecule has 1 amide bonds. The molecule has 2 aromatic rings. The SMILES string of the molecule is C[C@H]([NH3+])P(=O)(O)C[C@H](Cc1ccccc1)C(=O)N[C@@H](Cc1ccc(O)c(I)c1)C(=O)O.[Br-]. The Morgan fingerprint density at radius 2 is 1.75 bits per heavy atom. The van der Waals surface area contributed by atoms with Crippen LogP contribution in [0.2, 0.25) is 0 Å². The maximum Gasteiger partial charge on any atom is 0.326 e. The molecule has 8 nitrogen and oxygen atoms in total. The lowest BCUT2D eigenvalue weighted by Gasteiger charge is -2.23. The third-order valence-corrected chi connectivity index (χ3v) is 8.14. The zero-order valence-corrected chi connectivity index (χ0v) is 22.1. The van der Waals surface area contributed by atoms with Crippen molar-refractivity contribution in [3.05, 3.63) is 63.2 Å². The Hall–Kier alpha value is -1.46. The number of carbonyl (C=O) groups excluding carboxylic acids is 1. The Morgan fingerprint density at radius 1 is 1.12 bits per heavy atom. The van der Waals surface area contributed by atoms with E-state index in [1.54, 1.807) is 24.3 Å². The molecule has 0 aromatic heterocycles. The van der Waals surface area contributed by atoms with Crippen LogP contribution in [0.4, 0.5) is 0 Å². The van der Waals surface area contributed by atoms with Crippen LogP contribution >= 0.6 is 30.0 Å². The Balaban J connectivity index is 0.00000512. The van der Waals surface area contributed by atoms with Gasteiger partial charge in [0.05, 0.1) is 9.49 Å². The quantitative estimate of drug-likeness (QED) is 0.163. The molecular formula is C21H27BrIN2O6P.